The number of hydrogen-bond donors (Lipinski definition) is 2. The van der Waals surface area contributed by atoms with Crippen molar-refractivity contribution in [3.8, 4) is 0 Å². The van der Waals surface area contributed by atoms with Gasteiger partial charge < -0.3 is 10.2 Å². The first-order valence-corrected chi connectivity index (χ1v) is 9.75. The molecule has 0 aromatic heterocycles. The van der Waals surface area contributed by atoms with Crippen molar-refractivity contribution in [2.75, 3.05) is 0 Å². The average molecular weight is 363 g/mol. The van der Waals surface area contributed by atoms with Gasteiger partial charge in [-0.25, -0.2) is 0 Å². The van der Waals surface area contributed by atoms with Gasteiger partial charge in [0.25, 0.3) is 0 Å². The first kappa shape index (κ1) is 22.4. The number of unbranched alkanes of at least 4 members (excludes halogenated alkanes) is 3. The number of aliphatic carboxylic acids is 1. The highest BCUT2D eigenvalue weighted by atomic mass is 16.4. The molecule has 0 bridgehead atoms. The second-order valence-corrected chi connectivity index (χ2v) is 7.60. The molecular weight excluding hydrogens is 328 g/mol. The number of carbonyl (C=O) groups is 2. The zero-order valence-electron chi connectivity index (χ0n) is 16.2. The van der Waals surface area contributed by atoms with Crippen LogP contribution in [0.4, 0.5) is 0 Å². The fraction of sp³-hybridized carbons (Fsp3) is 0.636. The monoisotopic (exact) mass is 362 g/mol. The van der Waals surface area contributed by atoms with E-state index in [-0.39, 0.29) is 24.0 Å². The number of allylic oxidation sites excluding steroid dienone is 4. The Morgan fingerprint density at radius 1 is 1.31 bits per heavy atom. The van der Waals surface area contributed by atoms with E-state index in [0.29, 0.717) is 25.7 Å². The first-order chi connectivity index (χ1) is 12.3. The van der Waals surface area contributed by atoms with Gasteiger partial charge in [0.1, 0.15) is 5.78 Å². The molecule has 0 spiro atoms. The minimum atomic E-state index is -0.849. The number of hydrogen-bond acceptors (Lipinski definition) is 3. The maximum Gasteiger partial charge on any atom is 0.303 e. The number of Topliss-reactive ketones (excluding diaryl/α,β-unsaturated/α-hetero) is 1. The molecule has 2 N–H and O–H groups in total. The van der Waals surface area contributed by atoms with Gasteiger partial charge in [-0.1, -0.05) is 62.6 Å². The molecule has 26 heavy (non-hydrogen) atoms. The Bertz CT molecular complexity index is 542. The largest absolute Gasteiger partial charge is 0.481 e. The summed E-state index contributed by atoms with van der Waals surface area (Å²) >= 11 is 0. The lowest BCUT2D eigenvalue weighted by Gasteiger charge is -2.21. The quantitative estimate of drug-likeness (QED) is 0.385. The second kappa shape index (κ2) is 11.1. The summed E-state index contributed by atoms with van der Waals surface area (Å²) in [5.74, 6) is -0.730. The Kier molecular flexibility index (Phi) is 9.57. The van der Waals surface area contributed by atoms with E-state index in [4.69, 9.17) is 5.11 Å². The zero-order valence-corrected chi connectivity index (χ0v) is 16.2. The highest BCUT2D eigenvalue weighted by Crippen LogP contribution is 2.37. The highest BCUT2D eigenvalue weighted by molar-refractivity contribution is 5.87. The molecule has 1 rings (SSSR count). The third-order valence-corrected chi connectivity index (χ3v) is 4.99. The SMILES string of the molecule is C=C1CC(=O)[C@H](CC=CCCCC(=O)O)[C@H]1C=C[C@@](C)(O)CCCCC. The molecule has 0 aliphatic heterocycles. The lowest BCUT2D eigenvalue weighted by Crippen LogP contribution is -2.21. The van der Waals surface area contributed by atoms with E-state index in [0.717, 1.165) is 31.3 Å². The minimum absolute atomic E-state index is 0.0242. The molecule has 0 aromatic carbocycles. The van der Waals surface area contributed by atoms with Gasteiger partial charge >= 0.3 is 5.97 Å². The Morgan fingerprint density at radius 2 is 2.04 bits per heavy atom. The number of rotatable bonds is 12. The van der Waals surface area contributed by atoms with E-state index in [1.54, 1.807) is 0 Å². The Balaban J connectivity index is 2.59. The third-order valence-electron chi connectivity index (χ3n) is 4.99. The topological polar surface area (TPSA) is 74.6 Å². The van der Waals surface area contributed by atoms with Gasteiger partial charge in [0.15, 0.2) is 0 Å². The van der Waals surface area contributed by atoms with Crippen molar-refractivity contribution >= 4 is 11.8 Å². The second-order valence-electron chi connectivity index (χ2n) is 7.60. The minimum Gasteiger partial charge on any atom is -0.481 e. The maximum absolute atomic E-state index is 12.3. The molecule has 1 fully saturated rings. The molecule has 4 heteroatoms. The average Bonchev–Trinajstić information content (AvgIpc) is 2.82. The van der Waals surface area contributed by atoms with Gasteiger partial charge in [-0.2, -0.15) is 0 Å². The fourth-order valence-corrected chi connectivity index (χ4v) is 3.36. The summed E-state index contributed by atoms with van der Waals surface area (Å²) in [6.07, 6.45) is 14.2. The van der Waals surface area contributed by atoms with Crippen molar-refractivity contribution in [3.63, 3.8) is 0 Å². The van der Waals surface area contributed by atoms with Gasteiger partial charge in [-0.05, 0) is 32.6 Å². The van der Waals surface area contributed by atoms with Crippen molar-refractivity contribution in [1.29, 1.82) is 0 Å². The Hall–Kier alpha value is -1.68. The summed E-state index contributed by atoms with van der Waals surface area (Å²) < 4.78 is 0. The molecule has 1 saturated carbocycles. The summed E-state index contributed by atoms with van der Waals surface area (Å²) in [6.45, 7) is 8.00. The molecule has 0 saturated heterocycles. The molecule has 0 radical (unpaired) electrons. The van der Waals surface area contributed by atoms with Crippen LogP contribution >= 0.6 is 0 Å². The summed E-state index contributed by atoms with van der Waals surface area (Å²) in [7, 11) is 0. The molecular formula is C22H34O4. The molecule has 0 aromatic rings. The molecule has 1 aliphatic carbocycles. The molecule has 0 amide bonds. The van der Waals surface area contributed by atoms with E-state index < -0.39 is 11.6 Å². The van der Waals surface area contributed by atoms with Crippen molar-refractivity contribution < 1.29 is 19.8 Å². The van der Waals surface area contributed by atoms with Crippen LogP contribution in [0.25, 0.3) is 0 Å². The van der Waals surface area contributed by atoms with Crippen LogP contribution in [0.1, 0.15) is 71.6 Å². The van der Waals surface area contributed by atoms with Crippen molar-refractivity contribution in [2.24, 2.45) is 11.8 Å². The highest BCUT2D eigenvalue weighted by Gasteiger charge is 2.35. The maximum atomic E-state index is 12.3. The fourth-order valence-electron chi connectivity index (χ4n) is 3.36. The van der Waals surface area contributed by atoms with Crippen LogP contribution in [0.15, 0.2) is 36.5 Å². The van der Waals surface area contributed by atoms with Gasteiger partial charge in [0.05, 0.1) is 5.60 Å². The van der Waals surface area contributed by atoms with Crippen LogP contribution in [0, 0.1) is 11.8 Å². The van der Waals surface area contributed by atoms with E-state index >= 15 is 0 Å². The molecule has 3 atom stereocenters. The lowest BCUT2D eigenvalue weighted by molar-refractivity contribution is -0.137. The molecule has 1 aliphatic rings. The summed E-state index contributed by atoms with van der Waals surface area (Å²) in [5.41, 5.74) is 0.0677. The standard InChI is InChI=1S/C22H34O4/c1-4-5-10-14-22(3,26)15-13-18-17(2)16-20(23)19(18)11-8-6-7-9-12-21(24)25/h6,8,13,15,18-19,26H,2,4-5,7,9-12,14,16H2,1,3H3,(H,24,25)/t18-,19+,22-/m0/s1. The van der Waals surface area contributed by atoms with Gasteiger partial charge in [0, 0.05) is 24.7 Å². The van der Waals surface area contributed by atoms with E-state index in [1.165, 1.54) is 0 Å². The van der Waals surface area contributed by atoms with Crippen molar-refractivity contribution in [2.45, 2.75) is 77.2 Å². The molecule has 146 valence electrons. The van der Waals surface area contributed by atoms with Crippen molar-refractivity contribution in [1.82, 2.24) is 0 Å². The van der Waals surface area contributed by atoms with Crippen LogP contribution in [0.3, 0.4) is 0 Å². The molecule has 0 unspecified atom stereocenters. The van der Waals surface area contributed by atoms with Crippen LogP contribution in [-0.4, -0.2) is 27.6 Å². The van der Waals surface area contributed by atoms with Gasteiger partial charge in [-0.15, -0.1) is 0 Å². The smallest absolute Gasteiger partial charge is 0.303 e. The van der Waals surface area contributed by atoms with E-state index in [9.17, 15) is 14.7 Å². The van der Waals surface area contributed by atoms with Gasteiger partial charge in [-0.3, -0.25) is 9.59 Å². The molecule has 4 nitrogen and oxygen atoms in total. The van der Waals surface area contributed by atoms with Crippen LogP contribution in [-0.2, 0) is 9.59 Å². The van der Waals surface area contributed by atoms with Gasteiger partial charge in [0.2, 0.25) is 0 Å². The number of ketones is 1. The Morgan fingerprint density at radius 3 is 2.69 bits per heavy atom. The Labute approximate surface area is 157 Å². The van der Waals surface area contributed by atoms with E-state index in [1.807, 2.05) is 31.2 Å². The first-order valence-electron chi connectivity index (χ1n) is 9.75. The third kappa shape index (κ3) is 8.13. The zero-order chi connectivity index (χ0) is 19.6. The van der Waals surface area contributed by atoms with Crippen LogP contribution in [0.5, 0.6) is 0 Å². The van der Waals surface area contributed by atoms with Crippen molar-refractivity contribution in [3.05, 3.63) is 36.5 Å². The number of carbonyl (C=O) groups excluding carboxylic acids is 1. The number of carboxylic acid groups (broad SMARTS) is 1. The summed E-state index contributed by atoms with van der Waals surface area (Å²) in [6, 6.07) is 0. The number of aliphatic hydroxyl groups is 1. The summed E-state index contributed by atoms with van der Waals surface area (Å²) in [4.78, 5) is 22.8. The van der Waals surface area contributed by atoms with Crippen LogP contribution in [0.2, 0.25) is 0 Å². The predicted octanol–water partition coefficient (Wildman–Crippen LogP) is 4.84. The van der Waals surface area contributed by atoms with Crippen LogP contribution < -0.4 is 0 Å². The normalized spacial score (nSPS) is 23.2. The lowest BCUT2D eigenvalue weighted by atomic mass is 9.88. The number of carboxylic acids is 1. The molecule has 0 heterocycles. The summed E-state index contributed by atoms with van der Waals surface area (Å²) in [5, 5.41) is 19.1. The predicted molar refractivity (Wildman–Crippen MR) is 105 cm³/mol. The van der Waals surface area contributed by atoms with E-state index in [2.05, 4.69) is 13.5 Å².